The smallest absolute Gasteiger partial charge is 0.410 e. The highest BCUT2D eigenvalue weighted by Gasteiger charge is 2.42. The number of ether oxygens (including phenoxy) is 2. The van der Waals surface area contributed by atoms with E-state index in [1.807, 2.05) is 37.8 Å². The molecule has 1 aromatic heterocycles. The molecular formula is C35H49N7O5. The summed E-state index contributed by atoms with van der Waals surface area (Å²) in [5, 5.41) is 3.30. The first-order valence-electron chi connectivity index (χ1n) is 17.1. The zero-order chi connectivity index (χ0) is 33.5. The number of carbonyl (C=O) groups is 3. The largest absolute Gasteiger partial charge is 0.495 e. The molecule has 4 heterocycles. The van der Waals surface area contributed by atoms with Gasteiger partial charge in [-0.25, -0.2) is 9.78 Å². The number of nitrogens with one attached hydrogen (secondary N) is 1. The molecule has 3 aliphatic heterocycles. The number of aromatic nitrogens is 2. The number of piperidine rings is 1. The van der Waals surface area contributed by atoms with E-state index in [-0.39, 0.29) is 30.0 Å². The molecule has 1 atom stereocenters. The summed E-state index contributed by atoms with van der Waals surface area (Å²) in [6.07, 6.45) is 8.44. The van der Waals surface area contributed by atoms with Crippen LogP contribution < -0.4 is 19.9 Å². The first-order chi connectivity index (χ1) is 22.5. The van der Waals surface area contributed by atoms with Crippen molar-refractivity contribution in [2.24, 2.45) is 11.8 Å². The van der Waals surface area contributed by atoms with Crippen molar-refractivity contribution in [1.29, 1.82) is 0 Å². The van der Waals surface area contributed by atoms with Crippen LogP contribution in [0.3, 0.4) is 0 Å². The molecule has 0 radical (unpaired) electrons. The highest BCUT2D eigenvalue weighted by atomic mass is 16.6. The average Bonchev–Trinajstić information content (AvgIpc) is 3.56. The van der Waals surface area contributed by atoms with Crippen molar-refractivity contribution in [3.63, 3.8) is 0 Å². The minimum atomic E-state index is -0.497. The Kier molecular flexibility index (Phi) is 9.22. The van der Waals surface area contributed by atoms with Gasteiger partial charge in [0, 0.05) is 44.8 Å². The first kappa shape index (κ1) is 32.8. The van der Waals surface area contributed by atoms with Crippen LogP contribution in [-0.4, -0.2) is 95.7 Å². The lowest BCUT2D eigenvalue weighted by molar-refractivity contribution is -0.120. The highest BCUT2D eigenvalue weighted by molar-refractivity contribution is 6.04. The van der Waals surface area contributed by atoms with Gasteiger partial charge < -0.3 is 34.4 Å². The number of likely N-dealkylation sites (N-methyl/N-ethyl adjacent to an activating group) is 1. The quantitative estimate of drug-likeness (QED) is 0.418. The number of carbonyl (C=O) groups excluding carboxylic acids is 3. The van der Waals surface area contributed by atoms with Crippen molar-refractivity contribution in [3.05, 3.63) is 30.0 Å². The molecule has 1 aromatic carbocycles. The molecule has 1 aliphatic carbocycles. The third kappa shape index (κ3) is 6.69. The van der Waals surface area contributed by atoms with Crippen molar-refractivity contribution in [3.8, 4) is 5.75 Å². The number of nitrogens with zero attached hydrogens (tertiary/aromatic N) is 6. The molecule has 4 aliphatic rings. The lowest BCUT2D eigenvalue weighted by Gasteiger charge is -2.46. The van der Waals surface area contributed by atoms with E-state index in [2.05, 4.69) is 22.1 Å². The number of hydrogen-bond acceptors (Lipinski definition) is 9. The van der Waals surface area contributed by atoms with Crippen LogP contribution in [0.2, 0.25) is 0 Å². The Labute approximate surface area is 277 Å². The third-order valence-electron chi connectivity index (χ3n) is 10.2. The SMILES string of the molecule is CC[C@@H]1C(=O)N(C)c2cnc(Nc3ccc(C(=O)N4CC(C5CCN(C(=O)OC(C)(C)C)CC5)C4)cc3OC)nc2N1C1CCCC1. The second-order valence-electron chi connectivity index (χ2n) is 14.4. The summed E-state index contributed by atoms with van der Waals surface area (Å²) in [6.45, 7) is 10.5. The van der Waals surface area contributed by atoms with Gasteiger partial charge in [0.2, 0.25) is 11.9 Å². The number of methoxy groups -OCH3 is 1. The van der Waals surface area contributed by atoms with Crippen LogP contribution in [0.5, 0.6) is 5.75 Å². The number of likely N-dealkylation sites (tertiary alicyclic amines) is 2. The minimum Gasteiger partial charge on any atom is -0.495 e. The molecule has 1 saturated carbocycles. The van der Waals surface area contributed by atoms with E-state index < -0.39 is 5.60 Å². The molecule has 3 fully saturated rings. The maximum atomic E-state index is 13.4. The van der Waals surface area contributed by atoms with E-state index in [4.69, 9.17) is 14.5 Å². The summed E-state index contributed by atoms with van der Waals surface area (Å²) < 4.78 is 11.2. The predicted molar refractivity (Wildman–Crippen MR) is 180 cm³/mol. The van der Waals surface area contributed by atoms with Gasteiger partial charge in [0.15, 0.2) is 5.82 Å². The molecule has 254 valence electrons. The van der Waals surface area contributed by atoms with Gasteiger partial charge in [-0.05, 0) is 82.9 Å². The Bertz CT molecular complexity index is 1490. The molecule has 12 nitrogen and oxygen atoms in total. The number of rotatable bonds is 7. The molecule has 2 saturated heterocycles. The second-order valence-corrected chi connectivity index (χ2v) is 14.4. The van der Waals surface area contributed by atoms with E-state index in [0.717, 1.165) is 44.3 Å². The maximum absolute atomic E-state index is 13.4. The van der Waals surface area contributed by atoms with Gasteiger partial charge >= 0.3 is 6.09 Å². The number of anilines is 4. The lowest BCUT2D eigenvalue weighted by Crippen LogP contribution is -2.55. The number of amides is 3. The summed E-state index contributed by atoms with van der Waals surface area (Å²) in [4.78, 5) is 56.1. The molecular weight excluding hydrogens is 598 g/mol. The topological polar surface area (TPSA) is 120 Å². The summed E-state index contributed by atoms with van der Waals surface area (Å²) in [7, 11) is 3.38. The van der Waals surface area contributed by atoms with Crippen LogP contribution >= 0.6 is 0 Å². The van der Waals surface area contributed by atoms with E-state index in [1.165, 1.54) is 0 Å². The zero-order valence-electron chi connectivity index (χ0n) is 28.6. The van der Waals surface area contributed by atoms with Gasteiger partial charge in [-0.2, -0.15) is 4.98 Å². The fourth-order valence-corrected chi connectivity index (χ4v) is 7.53. The van der Waals surface area contributed by atoms with Crippen molar-refractivity contribution < 1.29 is 23.9 Å². The van der Waals surface area contributed by atoms with Crippen molar-refractivity contribution in [1.82, 2.24) is 19.8 Å². The molecule has 2 aromatic rings. The normalized spacial score (nSPS) is 21.1. The van der Waals surface area contributed by atoms with Crippen LogP contribution in [0, 0.1) is 11.8 Å². The molecule has 0 unspecified atom stereocenters. The Morgan fingerprint density at radius 3 is 2.36 bits per heavy atom. The summed E-state index contributed by atoms with van der Waals surface area (Å²) in [6, 6.07) is 5.44. The zero-order valence-corrected chi connectivity index (χ0v) is 28.6. The molecule has 1 N–H and O–H groups in total. The summed E-state index contributed by atoms with van der Waals surface area (Å²) >= 11 is 0. The van der Waals surface area contributed by atoms with Crippen LogP contribution in [0.15, 0.2) is 24.4 Å². The molecule has 3 amide bonds. The molecule has 6 rings (SSSR count). The maximum Gasteiger partial charge on any atom is 0.410 e. The molecule has 0 bridgehead atoms. The Balaban J connectivity index is 1.09. The summed E-state index contributed by atoms with van der Waals surface area (Å²) in [5.41, 5.74) is 1.44. The van der Waals surface area contributed by atoms with E-state index in [9.17, 15) is 14.4 Å². The second kappa shape index (κ2) is 13.2. The van der Waals surface area contributed by atoms with E-state index in [0.29, 0.717) is 73.1 Å². The van der Waals surface area contributed by atoms with Crippen LogP contribution in [-0.2, 0) is 9.53 Å². The fourth-order valence-electron chi connectivity index (χ4n) is 7.53. The van der Waals surface area contributed by atoms with Crippen LogP contribution in [0.4, 0.5) is 27.9 Å². The molecule has 12 heteroatoms. The highest BCUT2D eigenvalue weighted by Crippen LogP contribution is 2.41. The molecule has 47 heavy (non-hydrogen) atoms. The van der Waals surface area contributed by atoms with Gasteiger partial charge in [-0.1, -0.05) is 19.8 Å². The third-order valence-corrected chi connectivity index (χ3v) is 10.2. The Morgan fingerprint density at radius 2 is 1.72 bits per heavy atom. The first-order valence-corrected chi connectivity index (χ1v) is 17.1. The Hall–Kier alpha value is -4.09. The average molecular weight is 648 g/mol. The van der Waals surface area contributed by atoms with Crippen molar-refractivity contribution in [2.45, 2.75) is 90.3 Å². The standard InChI is InChI=1S/C35H49N7O5/c1-7-27-32(44)39(5)28-19-36-33(38-30(28)42(27)25-10-8-9-11-25)37-26-13-12-23(18-29(26)46-6)31(43)41-20-24(21-41)22-14-16-40(17-15-22)34(45)47-35(2,3)4/h12-13,18-19,22,24-25,27H,7-11,14-17,20-21H2,1-6H3,(H,36,37,38)/t27-/m1/s1. The lowest BCUT2D eigenvalue weighted by atomic mass is 9.79. The fraction of sp³-hybridized carbons (Fsp3) is 0.629. The van der Waals surface area contributed by atoms with Gasteiger partial charge in [0.05, 0.1) is 19.0 Å². The number of hydrogen-bond donors (Lipinski definition) is 1. The van der Waals surface area contributed by atoms with Crippen LogP contribution in [0.25, 0.3) is 0 Å². The number of fused-ring (bicyclic) bond motifs is 1. The van der Waals surface area contributed by atoms with Crippen molar-refractivity contribution in [2.75, 3.05) is 55.5 Å². The van der Waals surface area contributed by atoms with Crippen LogP contribution in [0.1, 0.15) is 83.0 Å². The van der Waals surface area contributed by atoms with Gasteiger partial charge in [-0.15, -0.1) is 0 Å². The van der Waals surface area contributed by atoms with E-state index in [1.54, 1.807) is 36.2 Å². The van der Waals surface area contributed by atoms with E-state index >= 15 is 0 Å². The predicted octanol–water partition coefficient (Wildman–Crippen LogP) is 5.45. The van der Waals surface area contributed by atoms with Gasteiger partial charge in [0.25, 0.3) is 5.91 Å². The van der Waals surface area contributed by atoms with Gasteiger partial charge in [-0.3, -0.25) is 9.59 Å². The number of benzene rings is 1. The van der Waals surface area contributed by atoms with Crippen molar-refractivity contribution >= 4 is 41.0 Å². The Morgan fingerprint density at radius 1 is 1.02 bits per heavy atom. The van der Waals surface area contributed by atoms with Gasteiger partial charge in [0.1, 0.15) is 23.1 Å². The minimum absolute atomic E-state index is 0.0205. The summed E-state index contributed by atoms with van der Waals surface area (Å²) in [5.74, 6) is 2.69. The molecule has 0 spiro atoms. The monoisotopic (exact) mass is 647 g/mol.